The van der Waals surface area contributed by atoms with Gasteiger partial charge in [-0.2, -0.15) is 0 Å². The normalized spacial score (nSPS) is 12.2. The van der Waals surface area contributed by atoms with Crippen molar-refractivity contribution in [1.82, 2.24) is 15.3 Å². The molecule has 0 radical (unpaired) electrons. The smallest absolute Gasteiger partial charge is 0.347 e. The van der Waals surface area contributed by atoms with E-state index in [9.17, 15) is 9.59 Å². The van der Waals surface area contributed by atoms with Gasteiger partial charge >= 0.3 is 5.97 Å². The van der Waals surface area contributed by atoms with Crippen molar-refractivity contribution in [3.63, 3.8) is 0 Å². The number of aromatic carboxylic acids is 1. The minimum Gasteiger partial charge on any atom is -0.477 e. The maximum atomic E-state index is 12.3. The third kappa shape index (κ3) is 3.16. The highest BCUT2D eigenvalue weighted by Gasteiger charge is 2.19. The molecule has 3 aromatic rings. The number of carboxylic acids is 1. The molecule has 0 unspecified atom stereocenters. The molecule has 2 heterocycles. The second kappa shape index (κ2) is 6.45. The molecule has 1 aromatic carbocycles. The van der Waals surface area contributed by atoms with Crippen LogP contribution in [-0.2, 0) is 11.2 Å². The Morgan fingerprint density at radius 3 is 2.83 bits per heavy atom. The lowest BCUT2D eigenvalue weighted by Gasteiger charge is -2.11. The number of benzene rings is 1. The number of carbonyl (C=O) groups excluding carboxylic acids is 1. The van der Waals surface area contributed by atoms with Crippen LogP contribution in [0.2, 0.25) is 0 Å². The number of carboxylic acid groups (broad SMARTS) is 1. The first-order valence-electron chi connectivity index (χ1n) is 7.50. The number of hydrogen-bond acceptors (Lipinski definition) is 4. The molecule has 6 nitrogen and oxygen atoms in total. The molecule has 7 heteroatoms. The monoisotopic (exact) mass is 343 g/mol. The number of nitrogens with one attached hydrogen (secondary N) is 2. The summed E-state index contributed by atoms with van der Waals surface area (Å²) in [4.78, 5) is 31.0. The van der Waals surface area contributed by atoms with E-state index in [2.05, 4.69) is 15.3 Å². The summed E-state index contributed by atoms with van der Waals surface area (Å²) in [6, 6.07) is 7.48. The molecule has 0 fully saturated rings. The van der Waals surface area contributed by atoms with Gasteiger partial charge in [0.15, 0.2) is 0 Å². The molecule has 124 valence electrons. The second-order valence-electron chi connectivity index (χ2n) is 5.60. The molecular weight excluding hydrogens is 326 g/mol. The number of aromatic amines is 1. The summed E-state index contributed by atoms with van der Waals surface area (Å²) in [5, 5.41) is 13.6. The van der Waals surface area contributed by atoms with Crippen LogP contribution in [0.4, 0.5) is 0 Å². The maximum Gasteiger partial charge on any atom is 0.347 e. The van der Waals surface area contributed by atoms with E-state index < -0.39 is 5.97 Å². The number of carbonyl (C=O) groups is 2. The van der Waals surface area contributed by atoms with Crippen molar-refractivity contribution in [1.29, 1.82) is 0 Å². The van der Waals surface area contributed by atoms with E-state index in [-0.39, 0.29) is 23.2 Å². The summed E-state index contributed by atoms with van der Waals surface area (Å²) in [5.41, 5.74) is 2.40. The number of nitrogens with zero attached hydrogens (tertiary/aromatic N) is 1. The largest absolute Gasteiger partial charge is 0.477 e. The Morgan fingerprint density at radius 1 is 1.38 bits per heavy atom. The van der Waals surface area contributed by atoms with Gasteiger partial charge in [-0.25, -0.2) is 9.78 Å². The van der Waals surface area contributed by atoms with Gasteiger partial charge in [0.2, 0.25) is 5.91 Å². The molecule has 0 aliphatic heterocycles. The second-order valence-corrected chi connectivity index (χ2v) is 6.63. The lowest BCUT2D eigenvalue weighted by atomic mass is 10.1. The average molecular weight is 343 g/mol. The molecule has 0 bridgehead atoms. The number of amides is 1. The van der Waals surface area contributed by atoms with E-state index in [1.165, 1.54) is 0 Å². The first kappa shape index (κ1) is 16.2. The summed E-state index contributed by atoms with van der Waals surface area (Å²) in [7, 11) is 0. The highest BCUT2D eigenvalue weighted by molar-refractivity contribution is 7.13. The van der Waals surface area contributed by atoms with Crippen LogP contribution in [0.1, 0.15) is 38.9 Å². The molecule has 1 amide bonds. The van der Waals surface area contributed by atoms with E-state index in [4.69, 9.17) is 5.11 Å². The van der Waals surface area contributed by atoms with Crippen LogP contribution in [0.5, 0.6) is 0 Å². The molecule has 0 aliphatic rings. The average Bonchev–Trinajstić information content (AvgIpc) is 3.11. The molecule has 0 aliphatic carbocycles. The standard InChI is InChI=1S/C17H17N3O3S/c1-9-15(17(22)23)24-16(20-9)10(2)19-14(21)7-11-8-18-13-6-4-3-5-12(11)13/h3-6,8,10,18H,7H2,1-2H3,(H,19,21)(H,22,23)/t10-/m1/s1. The van der Waals surface area contributed by atoms with Crippen molar-refractivity contribution in [3.05, 3.63) is 51.6 Å². The van der Waals surface area contributed by atoms with Gasteiger partial charge in [-0.15, -0.1) is 11.3 Å². The molecule has 24 heavy (non-hydrogen) atoms. The fraction of sp³-hybridized carbons (Fsp3) is 0.235. The molecule has 3 rings (SSSR count). The Kier molecular flexibility index (Phi) is 4.35. The Hall–Kier alpha value is -2.67. The third-order valence-electron chi connectivity index (χ3n) is 3.78. The predicted molar refractivity (Wildman–Crippen MR) is 92.4 cm³/mol. The van der Waals surface area contributed by atoms with Crippen LogP contribution in [0, 0.1) is 6.92 Å². The Balaban J connectivity index is 1.70. The lowest BCUT2D eigenvalue weighted by molar-refractivity contribution is -0.121. The van der Waals surface area contributed by atoms with E-state index >= 15 is 0 Å². The SMILES string of the molecule is Cc1nc([C@@H](C)NC(=O)Cc2c[nH]c3ccccc23)sc1C(=O)O. The highest BCUT2D eigenvalue weighted by Crippen LogP contribution is 2.24. The summed E-state index contributed by atoms with van der Waals surface area (Å²) < 4.78 is 0. The van der Waals surface area contributed by atoms with Gasteiger partial charge in [0.05, 0.1) is 18.2 Å². The fourth-order valence-electron chi connectivity index (χ4n) is 2.61. The zero-order valence-electron chi connectivity index (χ0n) is 13.3. The fourth-order valence-corrected chi connectivity index (χ4v) is 3.51. The first-order chi connectivity index (χ1) is 11.5. The number of hydrogen-bond donors (Lipinski definition) is 3. The van der Waals surface area contributed by atoms with Crippen molar-refractivity contribution < 1.29 is 14.7 Å². The predicted octanol–water partition coefficient (Wildman–Crippen LogP) is 3.05. The maximum absolute atomic E-state index is 12.3. The van der Waals surface area contributed by atoms with Gasteiger partial charge < -0.3 is 15.4 Å². The molecule has 0 saturated carbocycles. The van der Waals surface area contributed by atoms with Crippen molar-refractivity contribution in [2.75, 3.05) is 0 Å². The number of rotatable bonds is 5. The van der Waals surface area contributed by atoms with Gasteiger partial charge in [-0.1, -0.05) is 18.2 Å². The van der Waals surface area contributed by atoms with Crippen LogP contribution in [0.25, 0.3) is 10.9 Å². The van der Waals surface area contributed by atoms with E-state index in [1.54, 1.807) is 13.8 Å². The quantitative estimate of drug-likeness (QED) is 0.663. The lowest BCUT2D eigenvalue weighted by Crippen LogP contribution is -2.28. The van der Waals surface area contributed by atoms with Crippen LogP contribution < -0.4 is 5.32 Å². The van der Waals surface area contributed by atoms with Gasteiger partial charge in [-0.3, -0.25) is 4.79 Å². The van der Waals surface area contributed by atoms with E-state index in [1.807, 2.05) is 30.5 Å². The number of fused-ring (bicyclic) bond motifs is 1. The highest BCUT2D eigenvalue weighted by atomic mass is 32.1. The van der Waals surface area contributed by atoms with Gasteiger partial charge in [0.25, 0.3) is 0 Å². The van der Waals surface area contributed by atoms with E-state index in [0.29, 0.717) is 10.7 Å². The first-order valence-corrected chi connectivity index (χ1v) is 8.32. The number of thiazole rings is 1. The van der Waals surface area contributed by atoms with Crippen LogP contribution in [0.15, 0.2) is 30.5 Å². The Morgan fingerprint density at radius 2 is 2.12 bits per heavy atom. The number of aromatic nitrogens is 2. The van der Waals surface area contributed by atoms with Crippen molar-refractivity contribution >= 4 is 34.1 Å². The van der Waals surface area contributed by atoms with Crippen LogP contribution >= 0.6 is 11.3 Å². The van der Waals surface area contributed by atoms with Crippen molar-refractivity contribution in [3.8, 4) is 0 Å². The molecule has 3 N–H and O–H groups in total. The Bertz CT molecular complexity index is 913. The minimum atomic E-state index is -0.992. The van der Waals surface area contributed by atoms with Gasteiger partial charge in [-0.05, 0) is 25.5 Å². The Labute approximate surface area is 142 Å². The van der Waals surface area contributed by atoms with Crippen molar-refractivity contribution in [2.24, 2.45) is 0 Å². The molecule has 2 aromatic heterocycles. The zero-order chi connectivity index (χ0) is 17.3. The topological polar surface area (TPSA) is 95.1 Å². The third-order valence-corrected chi connectivity index (χ3v) is 5.11. The van der Waals surface area contributed by atoms with E-state index in [0.717, 1.165) is 27.8 Å². The van der Waals surface area contributed by atoms with Gasteiger partial charge in [0.1, 0.15) is 9.88 Å². The molecular formula is C17H17N3O3S. The number of aryl methyl sites for hydroxylation is 1. The number of H-pyrrole nitrogens is 1. The summed E-state index contributed by atoms with van der Waals surface area (Å²) >= 11 is 1.10. The molecule has 0 spiro atoms. The number of para-hydroxylation sites is 1. The van der Waals surface area contributed by atoms with Gasteiger partial charge in [0, 0.05) is 17.1 Å². The van der Waals surface area contributed by atoms with Crippen LogP contribution in [0.3, 0.4) is 0 Å². The summed E-state index contributed by atoms with van der Waals surface area (Å²) in [6.07, 6.45) is 2.09. The zero-order valence-corrected chi connectivity index (χ0v) is 14.1. The summed E-state index contributed by atoms with van der Waals surface area (Å²) in [6.45, 7) is 3.46. The van der Waals surface area contributed by atoms with Crippen LogP contribution in [-0.4, -0.2) is 27.0 Å². The summed E-state index contributed by atoms with van der Waals surface area (Å²) in [5.74, 6) is -1.12. The molecule has 1 atom stereocenters. The molecule has 0 saturated heterocycles. The van der Waals surface area contributed by atoms with Crippen molar-refractivity contribution in [2.45, 2.75) is 26.3 Å². The minimum absolute atomic E-state index is 0.128.